The Morgan fingerprint density at radius 2 is 2.30 bits per heavy atom. The van der Waals surface area contributed by atoms with E-state index in [1.165, 1.54) is 29.2 Å². The summed E-state index contributed by atoms with van der Waals surface area (Å²) in [7, 11) is 1.67. The molecule has 0 aliphatic rings. The van der Waals surface area contributed by atoms with Crippen molar-refractivity contribution in [1.82, 2.24) is 9.78 Å². The molecule has 0 atom stereocenters. The second-order valence-corrected chi connectivity index (χ2v) is 3.96. The number of nitrogens with one attached hydrogen (secondary N) is 1. The summed E-state index contributed by atoms with van der Waals surface area (Å²) in [5, 5.41) is 26.0. The number of anilines is 1. The molecule has 20 heavy (non-hydrogen) atoms. The molecule has 1 N–H and O–H groups in total. The molecular weight excluding hydrogens is 262 g/mol. The predicted octanol–water partition coefficient (Wildman–Crippen LogP) is 1.45. The van der Waals surface area contributed by atoms with E-state index in [4.69, 9.17) is 5.26 Å². The number of hydrogen-bond acceptors (Lipinski definition) is 5. The van der Waals surface area contributed by atoms with E-state index >= 15 is 0 Å². The van der Waals surface area contributed by atoms with Gasteiger partial charge in [-0.25, -0.2) is 0 Å². The topological polar surface area (TPSA) is 114 Å². The second kappa shape index (κ2) is 5.19. The van der Waals surface area contributed by atoms with Crippen molar-refractivity contribution < 1.29 is 9.72 Å². The van der Waals surface area contributed by atoms with E-state index in [2.05, 4.69) is 10.4 Å². The standard InChI is InChI=1S/C12H9N5O3/c1-16-7-9(6-14-16)12(18)15-11-3-2-10(17(19)20)4-8(11)5-13/h2-4,6-7H,1H3,(H,15,18). The van der Waals surface area contributed by atoms with E-state index in [0.717, 1.165) is 6.07 Å². The van der Waals surface area contributed by atoms with Crippen LogP contribution in [0.2, 0.25) is 0 Å². The Bertz CT molecular complexity index is 729. The zero-order chi connectivity index (χ0) is 14.7. The highest BCUT2D eigenvalue weighted by atomic mass is 16.6. The first-order valence-corrected chi connectivity index (χ1v) is 5.50. The number of benzene rings is 1. The number of nitro groups is 1. The molecule has 0 aliphatic heterocycles. The summed E-state index contributed by atoms with van der Waals surface area (Å²) in [5.74, 6) is -0.441. The molecule has 0 radical (unpaired) electrons. The third kappa shape index (κ3) is 2.62. The van der Waals surface area contributed by atoms with Gasteiger partial charge >= 0.3 is 0 Å². The number of carbonyl (C=O) groups excluding carboxylic acids is 1. The summed E-state index contributed by atoms with van der Waals surface area (Å²) in [6, 6.07) is 5.47. The van der Waals surface area contributed by atoms with Crippen molar-refractivity contribution in [2.24, 2.45) is 7.05 Å². The number of aromatic nitrogens is 2. The van der Waals surface area contributed by atoms with Crippen LogP contribution in [0.15, 0.2) is 30.6 Å². The van der Waals surface area contributed by atoms with Crippen molar-refractivity contribution >= 4 is 17.3 Å². The Balaban J connectivity index is 2.28. The fourth-order valence-corrected chi connectivity index (χ4v) is 1.58. The fourth-order valence-electron chi connectivity index (χ4n) is 1.58. The number of nitrogens with zero attached hydrogens (tertiary/aromatic N) is 4. The summed E-state index contributed by atoms with van der Waals surface area (Å²) in [5.41, 5.74) is 0.360. The van der Waals surface area contributed by atoms with Crippen LogP contribution in [0.1, 0.15) is 15.9 Å². The van der Waals surface area contributed by atoms with Gasteiger partial charge in [0.2, 0.25) is 0 Å². The molecule has 0 spiro atoms. The first-order valence-electron chi connectivity index (χ1n) is 5.50. The van der Waals surface area contributed by atoms with Crippen LogP contribution >= 0.6 is 0 Å². The van der Waals surface area contributed by atoms with E-state index in [1.807, 2.05) is 6.07 Å². The molecule has 100 valence electrons. The highest BCUT2D eigenvalue weighted by Gasteiger charge is 2.14. The lowest BCUT2D eigenvalue weighted by Crippen LogP contribution is -2.12. The van der Waals surface area contributed by atoms with Crippen LogP contribution in [0, 0.1) is 21.4 Å². The summed E-state index contributed by atoms with van der Waals surface area (Å²) in [4.78, 5) is 21.9. The van der Waals surface area contributed by atoms with Gasteiger partial charge in [0.25, 0.3) is 11.6 Å². The summed E-state index contributed by atoms with van der Waals surface area (Å²) < 4.78 is 1.47. The predicted molar refractivity (Wildman–Crippen MR) is 69.0 cm³/mol. The second-order valence-electron chi connectivity index (χ2n) is 3.96. The van der Waals surface area contributed by atoms with Gasteiger partial charge in [0.05, 0.1) is 27.9 Å². The molecule has 1 heterocycles. The normalized spacial score (nSPS) is 9.80. The van der Waals surface area contributed by atoms with Gasteiger partial charge in [0.1, 0.15) is 6.07 Å². The van der Waals surface area contributed by atoms with Crippen LogP contribution in [0.4, 0.5) is 11.4 Å². The van der Waals surface area contributed by atoms with Crippen molar-refractivity contribution in [3.05, 3.63) is 51.8 Å². The minimum Gasteiger partial charge on any atom is -0.321 e. The third-order valence-electron chi connectivity index (χ3n) is 2.55. The maximum absolute atomic E-state index is 11.9. The van der Waals surface area contributed by atoms with Crippen LogP contribution in [-0.4, -0.2) is 20.6 Å². The number of nitriles is 1. The molecule has 0 saturated carbocycles. The smallest absolute Gasteiger partial charge is 0.270 e. The summed E-state index contributed by atoms with van der Waals surface area (Å²) in [6.45, 7) is 0. The molecular formula is C12H9N5O3. The van der Waals surface area contributed by atoms with Crippen molar-refractivity contribution in [2.45, 2.75) is 0 Å². The first kappa shape index (κ1) is 13.2. The van der Waals surface area contributed by atoms with E-state index in [9.17, 15) is 14.9 Å². The van der Waals surface area contributed by atoms with Crippen molar-refractivity contribution in [3.63, 3.8) is 0 Å². The number of rotatable bonds is 3. The molecule has 1 aromatic carbocycles. The molecule has 0 unspecified atom stereocenters. The Labute approximate surface area is 113 Å². The SMILES string of the molecule is Cn1cc(C(=O)Nc2ccc([N+](=O)[O-])cc2C#N)cn1. The van der Waals surface area contributed by atoms with Crippen LogP contribution in [-0.2, 0) is 7.05 Å². The van der Waals surface area contributed by atoms with Crippen LogP contribution in [0.25, 0.3) is 0 Å². The van der Waals surface area contributed by atoms with Crippen molar-refractivity contribution in [1.29, 1.82) is 5.26 Å². The molecule has 0 bridgehead atoms. The highest BCUT2D eigenvalue weighted by Crippen LogP contribution is 2.21. The number of hydrogen-bond donors (Lipinski definition) is 1. The molecule has 8 heteroatoms. The van der Waals surface area contributed by atoms with Crippen LogP contribution in [0.5, 0.6) is 0 Å². The minimum atomic E-state index is -0.604. The molecule has 1 aromatic heterocycles. The molecule has 0 aliphatic carbocycles. The van der Waals surface area contributed by atoms with Gasteiger partial charge in [-0.2, -0.15) is 10.4 Å². The lowest BCUT2D eigenvalue weighted by molar-refractivity contribution is -0.384. The monoisotopic (exact) mass is 271 g/mol. The van der Waals surface area contributed by atoms with Gasteiger partial charge in [0, 0.05) is 25.4 Å². The van der Waals surface area contributed by atoms with Crippen molar-refractivity contribution in [3.8, 4) is 6.07 Å². The molecule has 8 nitrogen and oxygen atoms in total. The van der Waals surface area contributed by atoms with Crippen molar-refractivity contribution in [2.75, 3.05) is 5.32 Å². The Hall–Kier alpha value is -3.21. The van der Waals surface area contributed by atoms with Gasteiger partial charge in [0.15, 0.2) is 0 Å². The maximum Gasteiger partial charge on any atom is 0.270 e. The number of amides is 1. The Morgan fingerprint density at radius 3 is 2.85 bits per heavy atom. The summed E-state index contributed by atoms with van der Waals surface area (Å²) >= 11 is 0. The fraction of sp³-hybridized carbons (Fsp3) is 0.0833. The minimum absolute atomic E-state index is 0.0245. The zero-order valence-corrected chi connectivity index (χ0v) is 10.4. The Morgan fingerprint density at radius 1 is 1.55 bits per heavy atom. The Kier molecular flexibility index (Phi) is 3.43. The first-order chi connectivity index (χ1) is 9.51. The van der Waals surface area contributed by atoms with Gasteiger partial charge in [-0.05, 0) is 6.07 Å². The van der Waals surface area contributed by atoms with Crippen LogP contribution < -0.4 is 5.32 Å². The van der Waals surface area contributed by atoms with E-state index in [1.54, 1.807) is 7.05 Å². The van der Waals surface area contributed by atoms with Gasteiger partial charge in [-0.15, -0.1) is 0 Å². The summed E-state index contributed by atoms with van der Waals surface area (Å²) in [6.07, 6.45) is 2.90. The number of nitro benzene ring substituents is 1. The van der Waals surface area contributed by atoms with E-state index < -0.39 is 10.8 Å². The van der Waals surface area contributed by atoms with Gasteiger partial charge in [-0.1, -0.05) is 0 Å². The third-order valence-corrected chi connectivity index (χ3v) is 2.55. The average molecular weight is 271 g/mol. The molecule has 1 amide bonds. The quantitative estimate of drug-likeness (QED) is 0.670. The number of non-ortho nitro benzene ring substituents is 1. The van der Waals surface area contributed by atoms with E-state index in [-0.39, 0.29) is 16.9 Å². The maximum atomic E-state index is 11.9. The van der Waals surface area contributed by atoms with Crippen LogP contribution in [0.3, 0.4) is 0 Å². The molecule has 0 fully saturated rings. The molecule has 2 rings (SSSR count). The van der Waals surface area contributed by atoms with Gasteiger partial charge < -0.3 is 5.32 Å². The zero-order valence-electron chi connectivity index (χ0n) is 10.4. The number of aryl methyl sites for hydroxylation is 1. The van der Waals surface area contributed by atoms with Gasteiger partial charge in [-0.3, -0.25) is 19.6 Å². The molecule has 0 saturated heterocycles. The van der Waals surface area contributed by atoms with E-state index in [0.29, 0.717) is 5.56 Å². The average Bonchev–Trinajstić information content (AvgIpc) is 2.85. The number of carbonyl (C=O) groups is 1. The largest absolute Gasteiger partial charge is 0.321 e. The lowest BCUT2D eigenvalue weighted by atomic mass is 10.1. The molecule has 2 aromatic rings. The highest BCUT2D eigenvalue weighted by molar-refractivity contribution is 6.04. The lowest BCUT2D eigenvalue weighted by Gasteiger charge is -2.05.